The second-order valence-electron chi connectivity index (χ2n) is 10.8. The van der Waals surface area contributed by atoms with Crippen molar-refractivity contribution in [2.75, 3.05) is 44.2 Å². The Labute approximate surface area is 215 Å². The van der Waals surface area contributed by atoms with Crippen LogP contribution in [0.5, 0.6) is 0 Å². The molecule has 190 valence electrons. The van der Waals surface area contributed by atoms with Crippen molar-refractivity contribution in [1.82, 2.24) is 15.2 Å². The number of carbonyl (C=O) groups excluding carboxylic acids is 1. The molecule has 7 heteroatoms. The van der Waals surface area contributed by atoms with Crippen molar-refractivity contribution in [2.24, 2.45) is 17.8 Å². The Morgan fingerprint density at radius 1 is 0.882 bits per heavy atom. The van der Waals surface area contributed by atoms with Crippen molar-refractivity contribution in [3.8, 4) is 0 Å². The summed E-state index contributed by atoms with van der Waals surface area (Å²) < 4.78 is 0. The predicted molar refractivity (Wildman–Crippen MR) is 142 cm³/mol. The lowest BCUT2D eigenvalue weighted by atomic mass is 9.87. The first-order valence-electron chi connectivity index (χ1n) is 13.6. The van der Waals surface area contributed by atoms with E-state index in [0.29, 0.717) is 10.0 Å². The quantitative estimate of drug-likeness (QED) is 0.432. The molecule has 2 saturated carbocycles. The van der Waals surface area contributed by atoms with Gasteiger partial charge in [0.1, 0.15) is 0 Å². The minimum absolute atomic E-state index is 0.0702. The van der Waals surface area contributed by atoms with Gasteiger partial charge in [-0.15, -0.1) is 0 Å². The zero-order valence-corrected chi connectivity index (χ0v) is 22.1. The van der Waals surface area contributed by atoms with E-state index in [-0.39, 0.29) is 11.8 Å². The summed E-state index contributed by atoms with van der Waals surface area (Å²) in [4.78, 5) is 21.8. The number of pyridine rings is 1. The number of hydrogen-bond donors (Lipinski definition) is 1. The summed E-state index contributed by atoms with van der Waals surface area (Å²) in [5, 5.41) is 4.42. The lowest BCUT2D eigenvalue weighted by Gasteiger charge is -2.35. The van der Waals surface area contributed by atoms with Gasteiger partial charge in [0.15, 0.2) is 0 Å². The molecule has 1 N–H and O–H groups in total. The molecule has 1 aliphatic heterocycles. The lowest BCUT2D eigenvalue weighted by molar-refractivity contribution is -0.125. The van der Waals surface area contributed by atoms with Crippen LogP contribution < -0.4 is 10.2 Å². The van der Waals surface area contributed by atoms with Gasteiger partial charge >= 0.3 is 0 Å². The van der Waals surface area contributed by atoms with Gasteiger partial charge in [-0.1, -0.05) is 61.7 Å². The Morgan fingerprint density at radius 3 is 1.94 bits per heavy atom. The number of rotatable bonds is 9. The molecule has 4 rings (SSSR count). The van der Waals surface area contributed by atoms with Crippen LogP contribution in [-0.4, -0.2) is 55.1 Å². The highest BCUT2D eigenvalue weighted by atomic mass is 35.5. The fourth-order valence-electron chi connectivity index (χ4n) is 6.28. The van der Waals surface area contributed by atoms with Crippen molar-refractivity contribution in [2.45, 2.75) is 77.0 Å². The third-order valence-electron chi connectivity index (χ3n) is 8.22. The van der Waals surface area contributed by atoms with Gasteiger partial charge in [-0.3, -0.25) is 9.78 Å². The van der Waals surface area contributed by atoms with Crippen molar-refractivity contribution in [1.29, 1.82) is 0 Å². The van der Waals surface area contributed by atoms with E-state index in [4.69, 9.17) is 23.2 Å². The van der Waals surface area contributed by atoms with E-state index in [0.717, 1.165) is 56.5 Å². The Balaban J connectivity index is 1.22. The number of hydrogen-bond acceptors (Lipinski definition) is 4. The van der Waals surface area contributed by atoms with Gasteiger partial charge in [0, 0.05) is 57.6 Å². The minimum atomic E-state index is 0.0702. The molecule has 0 bridgehead atoms. The summed E-state index contributed by atoms with van der Waals surface area (Å²) in [6.07, 6.45) is 18.9. The fourth-order valence-corrected chi connectivity index (χ4v) is 6.88. The third kappa shape index (κ3) is 7.48. The molecule has 34 heavy (non-hydrogen) atoms. The van der Waals surface area contributed by atoms with Gasteiger partial charge in [0.2, 0.25) is 5.91 Å². The maximum atomic E-state index is 12.9. The van der Waals surface area contributed by atoms with Gasteiger partial charge < -0.3 is 15.1 Å². The molecule has 1 aromatic heterocycles. The molecule has 1 saturated heterocycles. The summed E-state index contributed by atoms with van der Waals surface area (Å²) in [5.41, 5.74) is 0.846. The van der Waals surface area contributed by atoms with E-state index < -0.39 is 0 Å². The van der Waals surface area contributed by atoms with Crippen LogP contribution in [0.25, 0.3) is 0 Å². The van der Waals surface area contributed by atoms with Crippen LogP contribution in [0.4, 0.5) is 5.69 Å². The lowest BCUT2D eigenvalue weighted by Crippen LogP contribution is -2.44. The average molecular weight is 510 g/mol. The van der Waals surface area contributed by atoms with Crippen LogP contribution in [0, 0.1) is 17.8 Å². The van der Waals surface area contributed by atoms with E-state index in [9.17, 15) is 4.79 Å². The van der Waals surface area contributed by atoms with E-state index in [1.54, 1.807) is 12.4 Å². The van der Waals surface area contributed by atoms with Crippen LogP contribution >= 0.6 is 23.2 Å². The second-order valence-corrected chi connectivity index (χ2v) is 11.6. The van der Waals surface area contributed by atoms with Crippen LogP contribution in [0.2, 0.25) is 10.0 Å². The highest BCUT2D eigenvalue weighted by molar-refractivity contribution is 6.38. The SMILES string of the molecule is O=C(NCCN(CC1CCCCC1)CC1CCCCC1)C1CCN(c2c(Cl)cncc2Cl)CC1. The molecule has 3 aliphatic rings. The average Bonchev–Trinajstić information content (AvgIpc) is 2.85. The van der Waals surface area contributed by atoms with E-state index in [2.05, 4.69) is 20.1 Å². The highest BCUT2D eigenvalue weighted by Crippen LogP contribution is 2.35. The molecule has 0 spiro atoms. The third-order valence-corrected chi connectivity index (χ3v) is 8.77. The Kier molecular flexibility index (Phi) is 10.2. The van der Waals surface area contributed by atoms with E-state index >= 15 is 0 Å². The number of piperidine rings is 1. The summed E-state index contributed by atoms with van der Waals surface area (Å²) in [5.74, 6) is 1.98. The molecule has 0 atom stereocenters. The molecular weight excluding hydrogens is 467 g/mol. The summed E-state index contributed by atoms with van der Waals surface area (Å²) in [6, 6.07) is 0. The van der Waals surface area contributed by atoms with Gasteiger partial charge in [-0.05, 0) is 50.4 Å². The van der Waals surface area contributed by atoms with Crippen molar-refractivity contribution in [3.05, 3.63) is 22.4 Å². The number of nitrogens with zero attached hydrogens (tertiary/aromatic N) is 3. The first-order chi connectivity index (χ1) is 16.6. The number of nitrogens with one attached hydrogen (secondary N) is 1. The molecule has 0 aromatic carbocycles. The molecule has 0 radical (unpaired) electrons. The largest absolute Gasteiger partial charge is 0.369 e. The minimum Gasteiger partial charge on any atom is -0.369 e. The molecule has 1 aromatic rings. The normalized spacial score (nSPS) is 21.2. The summed E-state index contributed by atoms with van der Waals surface area (Å²) in [7, 11) is 0. The molecule has 3 fully saturated rings. The number of halogens is 2. The maximum absolute atomic E-state index is 12.9. The number of aromatic nitrogens is 1. The van der Waals surface area contributed by atoms with Gasteiger partial charge in [0.05, 0.1) is 15.7 Å². The number of carbonyl (C=O) groups is 1. The van der Waals surface area contributed by atoms with Crippen molar-refractivity contribution in [3.63, 3.8) is 0 Å². The monoisotopic (exact) mass is 508 g/mol. The van der Waals surface area contributed by atoms with Crippen LogP contribution in [0.15, 0.2) is 12.4 Å². The first-order valence-corrected chi connectivity index (χ1v) is 14.4. The van der Waals surface area contributed by atoms with Gasteiger partial charge in [-0.25, -0.2) is 0 Å². The summed E-state index contributed by atoms with van der Waals surface area (Å²) >= 11 is 12.7. The molecular formula is C27H42Cl2N4O. The van der Waals surface area contributed by atoms with Crippen LogP contribution in [0.1, 0.15) is 77.0 Å². The standard InChI is InChI=1S/C27H42Cl2N4O/c28-24-17-30-18-25(29)26(24)33-14-11-23(12-15-33)27(34)31-13-16-32(19-21-7-3-1-4-8-21)20-22-9-5-2-6-10-22/h17-18,21-23H,1-16,19-20H2,(H,31,34). The predicted octanol–water partition coefficient (Wildman–Crippen LogP) is 6.18. The number of anilines is 1. The number of amides is 1. The van der Waals surface area contributed by atoms with E-state index in [1.165, 1.54) is 77.3 Å². The topological polar surface area (TPSA) is 48.5 Å². The molecule has 0 unspecified atom stereocenters. The molecule has 1 amide bonds. The highest BCUT2D eigenvalue weighted by Gasteiger charge is 2.27. The van der Waals surface area contributed by atoms with Crippen LogP contribution in [0.3, 0.4) is 0 Å². The fraction of sp³-hybridized carbons (Fsp3) is 0.778. The molecule has 2 aliphatic carbocycles. The van der Waals surface area contributed by atoms with Crippen LogP contribution in [-0.2, 0) is 4.79 Å². The zero-order valence-electron chi connectivity index (χ0n) is 20.6. The van der Waals surface area contributed by atoms with Crippen molar-refractivity contribution >= 4 is 34.8 Å². The maximum Gasteiger partial charge on any atom is 0.223 e. The van der Waals surface area contributed by atoms with Gasteiger partial charge in [-0.2, -0.15) is 0 Å². The summed E-state index contributed by atoms with van der Waals surface area (Å²) in [6.45, 7) is 5.77. The first kappa shape index (κ1) is 26.0. The van der Waals surface area contributed by atoms with Gasteiger partial charge in [0.25, 0.3) is 0 Å². The van der Waals surface area contributed by atoms with E-state index in [1.807, 2.05) is 0 Å². The zero-order chi connectivity index (χ0) is 23.8. The van der Waals surface area contributed by atoms with Crippen molar-refractivity contribution < 1.29 is 4.79 Å². The smallest absolute Gasteiger partial charge is 0.223 e. The molecule has 5 nitrogen and oxygen atoms in total. The Morgan fingerprint density at radius 2 is 1.41 bits per heavy atom. The second kappa shape index (κ2) is 13.3. The molecule has 2 heterocycles. The Hall–Kier alpha value is -1.04. The Bertz CT molecular complexity index is 732.